The van der Waals surface area contributed by atoms with Gasteiger partial charge in [0.25, 0.3) is 0 Å². The largest absolute Gasteiger partial charge is 0.261 e. The van der Waals surface area contributed by atoms with E-state index in [2.05, 4.69) is 20.9 Å². The van der Waals surface area contributed by atoms with Crippen LogP contribution in [0.5, 0.6) is 0 Å². The molecule has 0 radical (unpaired) electrons. The van der Waals surface area contributed by atoms with Crippen molar-refractivity contribution in [3.05, 3.63) is 65.5 Å². The molecule has 0 aliphatic carbocycles. The number of aromatic nitrogens is 1. The number of halogens is 3. The lowest BCUT2D eigenvalue weighted by atomic mass is 9.97. The maximum Gasteiger partial charge on any atom is 0.163 e. The van der Waals surface area contributed by atoms with Gasteiger partial charge in [-0.3, -0.25) is 4.98 Å². The molecule has 0 saturated carbocycles. The summed E-state index contributed by atoms with van der Waals surface area (Å²) in [6.45, 7) is 1.92. The SMILES string of the molecule is CC(c1ccccn1)C(Br)c1cccc(F)c1F. The van der Waals surface area contributed by atoms with Gasteiger partial charge in [0.1, 0.15) is 0 Å². The zero-order valence-corrected chi connectivity index (χ0v) is 11.4. The monoisotopic (exact) mass is 311 g/mol. The minimum atomic E-state index is -0.829. The van der Waals surface area contributed by atoms with Crippen LogP contribution in [0.15, 0.2) is 42.6 Å². The number of alkyl halides is 1. The van der Waals surface area contributed by atoms with Crippen molar-refractivity contribution in [3.63, 3.8) is 0 Å². The fraction of sp³-hybridized carbons (Fsp3) is 0.214. The van der Waals surface area contributed by atoms with Crippen LogP contribution in [0.1, 0.15) is 28.9 Å². The van der Waals surface area contributed by atoms with E-state index >= 15 is 0 Å². The van der Waals surface area contributed by atoms with Crippen LogP contribution in [0.3, 0.4) is 0 Å². The van der Waals surface area contributed by atoms with Gasteiger partial charge < -0.3 is 0 Å². The summed E-state index contributed by atoms with van der Waals surface area (Å²) < 4.78 is 26.9. The summed E-state index contributed by atoms with van der Waals surface area (Å²) in [6, 6.07) is 9.77. The van der Waals surface area contributed by atoms with Gasteiger partial charge >= 0.3 is 0 Å². The highest BCUT2D eigenvalue weighted by atomic mass is 79.9. The van der Waals surface area contributed by atoms with Crippen molar-refractivity contribution in [2.75, 3.05) is 0 Å². The second-order valence-corrected chi connectivity index (χ2v) is 5.07. The molecule has 0 bridgehead atoms. The van der Waals surface area contributed by atoms with Gasteiger partial charge in [-0.25, -0.2) is 8.78 Å². The Kier molecular flexibility index (Phi) is 4.07. The third-order valence-corrected chi connectivity index (χ3v) is 4.16. The lowest BCUT2D eigenvalue weighted by molar-refractivity contribution is 0.494. The summed E-state index contributed by atoms with van der Waals surface area (Å²) in [7, 11) is 0. The van der Waals surface area contributed by atoms with E-state index in [9.17, 15) is 8.78 Å². The zero-order chi connectivity index (χ0) is 13.1. The Morgan fingerprint density at radius 1 is 1.11 bits per heavy atom. The molecule has 1 nitrogen and oxygen atoms in total. The summed E-state index contributed by atoms with van der Waals surface area (Å²) in [4.78, 5) is 3.91. The quantitative estimate of drug-likeness (QED) is 0.755. The van der Waals surface area contributed by atoms with E-state index < -0.39 is 11.6 Å². The van der Waals surface area contributed by atoms with Gasteiger partial charge in [0.2, 0.25) is 0 Å². The number of rotatable bonds is 3. The maximum atomic E-state index is 13.7. The van der Waals surface area contributed by atoms with E-state index in [1.54, 1.807) is 12.3 Å². The highest BCUT2D eigenvalue weighted by Gasteiger charge is 2.23. The van der Waals surface area contributed by atoms with Crippen LogP contribution >= 0.6 is 15.9 Å². The molecule has 0 amide bonds. The van der Waals surface area contributed by atoms with Crippen molar-refractivity contribution < 1.29 is 8.78 Å². The first-order valence-corrected chi connectivity index (χ1v) is 6.51. The van der Waals surface area contributed by atoms with Gasteiger partial charge in [0.15, 0.2) is 11.6 Å². The van der Waals surface area contributed by atoms with Crippen LogP contribution < -0.4 is 0 Å². The average Bonchev–Trinajstić information content (AvgIpc) is 2.41. The van der Waals surface area contributed by atoms with Gasteiger partial charge in [-0.1, -0.05) is 41.1 Å². The minimum absolute atomic E-state index is 0.0532. The predicted molar refractivity (Wildman–Crippen MR) is 70.7 cm³/mol. The van der Waals surface area contributed by atoms with Gasteiger partial charge in [-0.2, -0.15) is 0 Å². The molecule has 2 aromatic rings. The van der Waals surface area contributed by atoms with Gasteiger partial charge in [-0.05, 0) is 18.2 Å². The molecular weight excluding hydrogens is 300 g/mol. The molecular formula is C14H12BrF2N. The normalized spacial score (nSPS) is 14.2. The molecule has 0 fully saturated rings. The molecule has 0 aliphatic heterocycles. The predicted octanol–water partition coefficient (Wildman–Crippen LogP) is 4.60. The van der Waals surface area contributed by atoms with Crippen LogP contribution in [0.4, 0.5) is 8.78 Å². The standard InChI is InChI=1S/C14H12BrF2N/c1-9(12-7-2-3-8-18-12)13(15)10-5-4-6-11(16)14(10)17/h2-9,13H,1H3. The molecule has 1 aromatic heterocycles. The topological polar surface area (TPSA) is 12.9 Å². The number of pyridine rings is 1. The van der Waals surface area contributed by atoms with Crippen molar-refractivity contribution >= 4 is 15.9 Å². The third-order valence-electron chi connectivity index (χ3n) is 2.87. The Labute approximate surface area is 113 Å². The summed E-state index contributed by atoms with van der Waals surface area (Å²) in [5.41, 5.74) is 1.15. The minimum Gasteiger partial charge on any atom is -0.261 e. The van der Waals surface area contributed by atoms with Crippen LogP contribution in [0.2, 0.25) is 0 Å². The van der Waals surface area contributed by atoms with Gasteiger partial charge in [0.05, 0.1) is 4.83 Å². The molecule has 18 heavy (non-hydrogen) atoms. The lowest BCUT2D eigenvalue weighted by Gasteiger charge is -2.18. The molecule has 94 valence electrons. The van der Waals surface area contributed by atoms with Crippen molar-refractivity contribution in [2.45, 2.75) is 17.7 Å². The molecule has 2 atom stereocenters. The Morgan fingerprint density at radius 2 is 1.89 bits per heavy atom. The molecule has 0 aliphatic rings. The molecule has 1 heterocycles. The zero-order valence-electron chi connectivity index (χ0n) is 9.78. The van der Waals surface area contributed by atoms with Crippen molar-refractivity contribution in [3.8, 4) is 0 Å². The summed E-state index contributed by atoms with van der Waals surface area (Å²) in [5, 5.41) is 0. The van der Waals surface area contributed by atoms with Crippen LogP contribution in [0.25, 0.3) is 0 Å². The van der Waals surface area contributed by atoms with E-state index in [4.69, 9.17) is 0 Å². The molecule has 0 saturated heterocycles. The van der Waals surface area contributed by atoms with Crippen LogP contribution in [0, 0.1) is 11.6 Å². The van der Waals surface area contributed by atoms with E-state index in [-0.39, 0.29) is 10.7 Å². The first kappa shape index (κ1) is 13.1. The highest BCUT2D eigenvalue weighted by molar-refractivity contribution is 9.09. The third kappa shape index (κ3) is 2.58. The number of hydrogen-bond acceptors (Lipinski definition) is 1. The second-order valence-electron chi connectivity index (χ2n) is 4.09. The Bertz CT molecular complexity index is 531. The van der Waals surface area contributed by atoms with E-state index in [0.29, 0.717) is 5.56 Å². The lowest BCUT2D eigenvalue weighted by Crippen LogP contribution is -2.06. The van der Waals surface area contributed by atoms with Crippen molar-refractivity contribution in [1.82, 2.24) is 4.98 Å². The van der Waals surface area contributed by atoms with E-state index in [1.165, 1.54) is 6.07 Å². The fourth-order valence-corrected chi connectivity index (χ4v) is 2.42. The second kappa shape index (κ2) is 5.57. The first-order valence-electron chi connectivity index (χ1n) is 5.60. The van der Waals surface area contributed by atoms with Crippen LogP contribution in [-0.4, -0.2) is 4.98 Å². The summed E-state index contributed by atoms with van der Waals surface area (Å²) in [6.07, 6.45) is 1.69. The van der Waals surface area contributed by atoms with E-state index in [1.807, 2.05) is 25.1 Å². The molecule has 0 spiro atoms. The van der Waals surface area contributed by atoms with Gasteiger partial charge in [0, 0.05) is 23.4 Å². The molecule has 2 rings (SSSR count). The summed E-state index contributed by atoms with van der Waals surface area (Å²) >= 11 is 3.43. The molecule has 0 N–H and O–H groups in total. The number of nitrogens with zero attached hydrogens (tertiary/aromatic N) is 1. The Morgan fingerprint density at radius 3 is 2.56 bits per heavy atom. The van der Waals surface area contributed by atoms with Crippen molar-refractivity contribution in [1.29, 1.82) is 0 Å². The Hall–Kier alpha value is -1.29. The molecule has 4 heteroatoms. The van der Waals surface area contributed by atoms with Crippen LogP contribution in [-0.2, 0) is 0 Å². The Balaban J connectivity index is 2.31. The maximum absolute atomic E-state index is 13.7. The number of benzene rings is 1. The van der Waals surface area contributed by atoms with Crippen molar-refractivity contribution in [2.24, 2.45) is 0 Å². The number of hydrogen-bond donors (Lipinski definition) is 0. The summed E-state index contributed by atoms with van der Waals surface area (Å²) in [5.74, 6) is -1.69. The fourth-order valence-electron chi connectivity index (χ4n) is 1.80. The highest BCUT2D eigenvalue weighted by Crippen LogP contribution is 2.38. The van der Waals surface area contributed by atoms with E-state index in [0.717, 1.165) is 11.8 Å². The molecule has 1 aromatic carbocycles. The average molecular weight is 312 g/mol. The van der Waals surface area contributed by atoms with Gasteiger partial charge in [-0.15, -0.1) is 0 Å². The first-order chi connectivity index (χ1) is 8.61. The molecule has 2 unspecified atom stereocenters. The smallest absolute Gasteiger partial charge is 0.163 e.